The number of methoxy groups -OCH3 is 1. The number of aromatic nitrogens is 3. The summed E-state index contributed by atoms with van der Waals surface area (Å²) in [4.78, 5) is 23.6. The standard InChI is InChI=1S/C21H23N5O3S/c1-4-22-20(28)23-18(27)13-30-21-25-24-19(16-7-5-6-8-17(16)29-3)26(21)15-11-9-14(2)10-12-15/h5-12H,4,13H2,1-3H3,(H2,22,23,27,28). The fourth-order valence-corrected chi connectivity index (χ4v) is 3.54. The maximum Gasteiger partial charge on any atom is 0.321 e. The van der Waals surface area contributed by atoms with Gasteiger partial charge in [0.2, 0.25) is 5.91 Å². The molecule has 0 aliphatic heterocycles. The summed E-state index contributed by atoms with van der Waals surface area (Å²) in [6.07, 6.45) is 0. The van der Waals surface area contributed by atoms with Gasteiger partial charge in [0.15, 0.2) is 11.0 Å². The molecule has 2 N–H and O–H groups in total. The van der Waals surface area contributed by atoms with Crippen molar-refractivity contribution in [1.82, 2.24) is 25.4 Å². The molecule has 1 aromatic heterocycles. The lowest BCUT2D eigenvalue weighted by atomic mass is 10.1. The van der Waals surface area contributed by atoms with Gasteiger partial charge in [-0.25, -0.2) is 4.79 Å². The first-order chi connectivity index (χ1) is 14.5. The number of hydrogen-bond donors (Lipinski definition) is 2. The zero-order valence-electron chi connectivity index (χ0n) is 17.0. The Morgan fingerprint density at radius 2 is 1.83 bits per heavy atom. The number of nitrogens with one attached hydrogen (secondary N) is 2. The largest absolute Gasteiger partial charge is 0.496 e. The molecule has 1 heterocycles. The quantitative estimate of drug-likeness (QED) is 0.564. The highest BCUT2D eigenvalue weighted by atomic mass is 32.2. The first-order valence-electron chi connectivity index (χ1n) is 9.39. The third-order valence-electron chi connectivity index (χ3n) is 4.20. The van der Waals surface area contributed by atoms with Crippen molar-refractivity contribution >= 4 is 23.7 Å². The molecular formula is C21H23N5O3S. The van der Waals surface area contributed by atoms with E-state index in [1.165, 1.54) is 11.8 Å². The molecular weight excluding hydrogens is 402 g/mol. The Morgan fingerprint density at radius 3 is 2.53 bits per heavy atom. The number of rotatable bonds is 7. The topological polar surface area (TPSA) is 98.1 Å². The molecule has 3 rings (SSSR count). The molecule has 0 saturated heterocycles. The number of hydrogen-bond acceptors (Lipinski definition) is 6. The first-order valence-corrected chi connectivity index (χ1v) is 10.4. The third kappa shape index (κ3) is 4.98. The van der Waals surface area contributed by atoms with E-state index in [4.69, 9.17) is 4.74 Å². The molecule has 0 aliphatic carbocycles. The molecule has 0 atom stereocenters. The third-order valence-corrected chi connectivity index (χ3v) is 5.13. The predicted molar refractivity (Wildman–Crippen MR) is 116 cm³/mol. The highest BCUT2D eigenvalue weighted by Gasteiger charge is 2.20. The first kappa shape index (κ1) is 21.4. The lowest BCUT2D eigenvalue weighted by Crippen LogP contribution is -2.40. The zero-order valence-corrected chi connectivity index (χ0v) is 17.8. The maximum absolute atomic E-state index is 12.1. The number of benzene rings is 2. The summed E-state index contributed by atoms with van der Waals surface area (Å²) in [7, 11) is 1.60. The van der Waals surface area contributed by atoms with Gasteiger partial charge in [0.05, 0.1) is 18.4 Å². The van der Waals surface area contributed by atoms with Crippen LogP contribution >= 0.6 is 11.8 Å². The van der Waals surface area contributed by atoms with Crippen molar-refractivity contribution in [2.24, 2.45) is 0 Å². The van der Waals surface area contributed by atoms with E-state index < -0.39 is 11.9 Å². The number of carbonyl (C=O) groups excluding carboxylic acids is 2. The van der Waals surface area contributed by atoms with Gasteiger partial charge in [0.25, 0.3) is 0 Å². The van der Waals surface area contributed by atoms with E-state index >= 15 is 0 Å². The average Bonchev–Trinajstić information content (AvgIpc) is 3.16. The van der Waals surface area contributed by atoms with Gasteiger partial charge in [0, 0.05) is 12.2 Å². The second kappa shape index (κ2) is 9.93. The molecule has 156 valence electrons. The smallest absolute Gasteiger partial charge is 0.321 e. The Kier molecular flexibility index (Phi) is 7.08. The summed E-state index contributed by atoms with van der Waals surface area (Å²) in [5, 5.41) is 14.0. The minimum atomic E-state index is -0.516. The van der Waals surface area contributed by atoms with E-state index in [2.05, 4.69) is 20.8 Å². The molecule has 0 aliphatic rings. The van der Waals surface area contributed by atoms with Gasteiger partial charge in [-0.2, -0.15) is 0 Å². The van der Waals surface area contributed by atoms with Crippen LogP contribution in [-0.2, 0) is 4.79 Å². The Morgan fingerprint density at radius 1 is 1.10 bits per heavy atom. The Bertz CT molecular complexity index is 1030. The fourth-order valence-electron chi connectivity index (χ4n) is 2.79. The molecule has 0 spiro atoms. The van der Waals surface area contributed by atoms with Crippen molar-refractivity contribution in [2.75, 3.05) is 19.4 Å². The van der Waals surface area contributed by atoms with Gasteiger partial charge in [-0.05, 0) is 38.1 Å². The molecule has 0 unspecified atom stereocenters. The fraction of sp³-hybridized carbons (Fsp3) is 0.238. The van der Waals surface area contributed by atoms with E-state index in [9.17, 15) is 9.59 Å². The second-order valence-electron chi connectivity index (χ2n) is 6.37. The predicted octanol–water partition coefficient (Wildman–Crippen LogP) is 3.19. The highest BCUT2D eigenvalue weighted by Crippen LogP contribution is 2.33. The van der Waals surface area contributed by atoms with Crippen LogP contribution in [0, 0.1) is 6.92 Å². The van der Waals surface area contributed by atoms with Crippen LogP contribution in [0.4, 0.5) is 4.79 Å². The van der Waals surface area contributed by atoms with Gasteiger partial charge in [0.1, 0.15) is 5.75 Å². The molecule has 2 aromatic carbocycles. The molecule has 3 amide bonds. The average molecular weight is 426 g/mol. The normalized spacial score (nSPS) is 10.5. The van der Waals surface area contributed by atoms with Crippen LogP contribution in [0.2, 0.25) is 0 Å². The number of aryl methyl sites for hydroxylation is 1. The number of urea groups is 1. The monoisotopic (exact) mass is 425 g/mol. The number of carbonyl (C=O) groups is 2. The lowest BCUT2D eigenvalue weighted by Gasteiger charge is -2.12. The second-order valence-corrected chi connectivity index (χ2v) is 7.32. The summed E-state index contributed by atoms with van der Waals surface area (Å²) in [6, 6.07) is 15.0. The number of imide groups is 1. The molecule has 0 fully saturated rings. The van der Waals surface area contributed by atoms with Crippen molar-refractivity contribution < 1.29 is 14.3 Å². The Balaban J connectivity index is 1.94. The molecule has 30 heavy (non-hydrogen) atoms. The summed E-state index contributed by atoms with van der Waals surface area (Å²) in [5.74, 6) is 0.877. The van der Waals surface area contributed by atoms with Gasteiger partial charge in [-0.1, -0.05) is 41.6 Å². The Labute approximate surface area is 179 Å². The van der Waals surface area contributed by atoms with Gasteiger partial charge >= 0.3 is 6.03 Å². The molecule has 3 aromatic rings. The van der Waals surface area contributed by atoms with E-state index in [1.807, 2.05) is 60.0 Å². The maximum atomic E-state index is 12.1. The van der Waals surface area contributed by atoms with Crippen LogP contribution in [0.5, 0.6) is 5.75 Å². The van der Waals surface area contributed by atoms with Crippen LogP contribution in [0.3, 0.4) is 0 Å². The number of amides is 3. The van der Waals surface area contributed by atoms with Crippen LogP contribution in [0.15, 0.2) is 53.7 Å². The summed E-state index contributed by atoms with van der Waals surface area (Å²) >= 11 is 1.20. The molecule has 0 saturated carbocycles. The summed E-state index contributed by atoms with van der Waals surface area (Å²) in [5.41, 5.74) is 2.77. The number of nitrogens with zero attached hydrogens (tertiary/aromatic N) is 3. The van der Waals surface area contributed by atoms with Crippen LogP contribution in [-0.4, -0.2) is 46.1 Å². The van der Waals surface area contributed by atoms with E-state index in [0.29, 0.717) is 23.3 Å². The van der Waals surface area contributed by atoms with Crippen molar-refractivity contribution in [1.29, 1.82) is 0 Å². The number of thioether (sulfide) groups is 1. The van der Waals surface area contributed by atoms with Gasteiger partial charge in [-0.3, -0.25) is 14.7 Å². The van der Waals surface area contributed by atoms with Crippen molar-refractivity contribution in [3.05, 3.63) is 54.1 Å². The van der Waals surface area contributed by atoms with Gasteiger partial charge < -0.3 is 10.1 Å². The van der Waals surface area contributed by atoms with E-state index in [0.717, 1.165) is 16.8 Å². The van der Waals surface area contributed by atoms with E-state index in [1.54, 1.807) is 14.0 Å². The van der Waals surface area contributed by atoms with Crippen LogP contribution in [0.1, 0.15) is 12.5 Å². The molecule has 9 heteroatoms. The minimum Gasteiger partial charge on any atom is -0.496 e. The molecule has 0 radical (unpaired) electrons. The zero-order chi connectivity index (χ0) is 21.5. The summed E-state index contributed by atoms with van der Waals surface area (Å²) < 4.78 is 7.36. The SMILES string of the molecule is CCNC(=O)NC(=O)CSc1nnc(-c2ccccc2OC)n1-c1ccc(C)cc1. The van der Waals surface area contributed by atoms with Crippen molar-refractivity contribution in [3.8, 4) is 22.8 Å². The van der Waals surface area contributed by atoms with E-state index in [-0.39, 0.29) is 5.75 Å². The summed E-state index contributed by atoms with van der Waals surface area (Å²) in [6.45, 7) is 4.23. The number of para-hydroxylation sites is 1. The minimum absolute atomic E-state index is 0.0209. The van der Waals surface area contributed by atoms with Crippen LogP contribution in [0.25, 0.3) is 17.1 Å². The van der Waals surface area contributed by atoms with Gasteiger partial charge in [-0.15, -0.1) is 10.2 Å². The van der Waals surface area contributed by atoms with Crippen LogP contribution < -0.4 is 15.4 Å². The lowest BCUT2D eigenvalue weighted by molar-refractivity contribution is -0.117. The molecule has 8 nitrogen and oxygen atoms in total. The highest BCUT2D eigenvalue weighted by molar-refractivity contribution is 7.99. The molecule has 0 bridgehead atoms. The number of ether oxygens (including phenoxy) is 1. The van der Waals surface area contributed by atoms with Crippen molar-refractivity contribution in [2.45, 2.75) is 19.0 Å². The van der Waals surface area contributed by atoms with Crippen molar-refractivity contribution in [3.63, 3.8) is 0 Å². The Hall–Kier alpha value is -3.33.